The highest BCUT2D eigenvalue weighted by Gasteiger charge is 2.41. The number of hydrogen-bond acceptors (Lipinski definition) is 2. The molecular weight excluding hydrogens is 259 g/mol. The van der Waals surface area contributed by atoms with E-state index in [0.29, 0.717) is 16.7 Å². The maximum absolute atomic E-state index is 9.63. The Morgan fingerprint density at radius 1 is 1.41 bits per heavy atom. The third-order valence-corrected chi connectivity index (χ3v) is 4.42. The highest BCUT2D eigenvalue weighted by Crippen LogP contribution is 2.38. The van der Waals surface area contributed by atoms with E-state index in [9.17, 15) is 5.11 Å². The maximum atomic E-state index is 9.63. The summed E-state index contributed by atoms with van der Waals surface area (Å²) in [5, 5.41) is 10.8. The molecule has 0 radical (unpaired) electrons. The molecular formula is C13H16Cl2O2. The molecule has 2 rings (SSSR count). The second kappa shape index (κ2) is 5.15. The number of aliphatic hydroxyl groups excluding tert-OH is 1. The van der Waals surface area contributed by atoms with Crippen LogP contribution in [0.3, 0.4) is 0 Å². The molecule has 2 atom stereocenters. The smallest absolute Gasteiger partial charge is 0.0629 e. The fraction of sp³-hybridized carbons (Fsp3) is 0.538. The summed E-state index contributed by atoms with van der Waals surface area (Å²) in [6, 6.07) is 5.62. The lowest BCUT2D eigenvalue weighted by atomic mass is 9.77. The lowest BCUT2D eigenvalue weighted by Crippen LogP contribution is -2.35. The molecule has 2 nitrogen and oxygen atoms in total. The molecule has 2 unspecified atom stereocenters. The van der Waals surface area contributed by atoms with Crippen molar-refractivity contribution in [1.82, 2.24) is 0 Å². The van der Waals surface area contributed by atoms with Crippen LogP contribution >= 0.6 is 23.2 Å². The van der Waals surface area contributed by atoms with Crippen LogP contribution in [0, 0.1) is 5.41 Å². The van der Waals surface area contributed by atoms with Crippen molar-refractivity contribution in [3.8, 4) is 0 Å². The minimum Gasteiger partial charge on any atom is -0.396 e. The normalized spacial score (nSPS) is 28.6. The van der Waals surface area contributed by atoms with Gasteiger partial charge in [-0.05, 0) is 37.5 Å². The molecule has 0 amide bonds. The highest BCUT2D eigenvalue weighted by molar-refractivity contribution is 6.42. The Morgan fingerprint density at radius 3 is 2.71 bits per heavy atom. The first-order valence-corrected chi connectivity index (χ1v) is 6.49. The summed E-state index contributed by atoms with van der Waals surface area (Å²) in [6.45, 7) is 2.86. The zero-order chi connectivity index (χ0) is 12.5. The molecule has 17 heavy (non-hydrogen) atoms. The number of ether oxygens (including phenoxy) is 1. The van der Waals surface area contributed by atoms with Crippen molar-refractivity contribution in [2.75, 3.05) is 13.2 Å². The van der Waals surface area contributed by atoms with Gasteiger partial charge in [0.25, 0.3) is 0 Å². The van der Waals surface area contributed by atoms with Crippen LogP contribution in [0.2, 0.25) is 10.0 Å². The van der Waals surface area contributed by atoms with Crippen LogP contribution in [0.1, 0.15) is 18.9 Å². The van der Waals surface area contributed by atoms with Gasteiger partial charge in [-0.3, -0.25) is 0 Å². The van der Waals surface area contributed by atoms with Gasteiger partial charge in [-0.15, -0.1) is 0 Å². The van der Waals surface area contributed by atoms with E-state index in [2.05, 4.69) is 0 Å². The van der Waals surface area contributed by atoms with Crippen molar-refractivity contribution in [3.05, 3.63) is 33.8 Å². The summed E-state index contributed by atoms with van der Waals surface area (Å²) in [7, 11) is 0. The summed E-state index contributed by atoms with van der Waals surface area (Å²) >= 11 is 11.9. The zero-order valence-corrected chi connectivity index (χ0v) is 11.3. The molecule has 0 aromatic heterocycles. The highest BCUT2D eigenvalue weighted by atomic mass is 35.5. The zero-order valence-electron chi connectivity index (χ0n) is 9.75. The van der Waals surface area contributed by atoms with Crippen molar-refractivity contribution in [2.45, 2.75) is 25.9 Å². The van der Waals surface area contributed by atoms with E-state index in [1.807, 2.05) is 19.1 Å². The van der Waals surface area contributed by atoms with E-state index in [1.54, 1.807) is 6.07 Å². The SMILES string of the molecule is CC1OCCC1(CO)Cc1ccc(Cl)c(Cl)c1. The van der Waals surface area contributed by atoms with Crippen LogP contribution in [0.15, 0.2) is 18.2 Å². The van der Waals surface area contributed by atoms with Crippen LogP contribution in [0.25, 0.3) is 0 Å². The molecule has 4 heteroatoms. The summed E-state index contributed by atoms with van der Waals surface area (Å²) in [5.41, 5.74) is 0.905. The second-order valence-electron chi connectivity index (χ2n) is 4.71. The van der Waals surface area contributed by atoms with Gasteiger partial charge in [-0.1, -0.05) is 29.3 Å². The van der Waals surface area contributed by atoms with Crippen molar-refractivity contribution in [2.24, 2.45) is 5.41 Å². The van der Waals surface area contributed by atoms with E-state index in [4.69, 9.17) is 27.9 Å². The number of benzene rings is 1. The third kappa shape index (κ3) is 2.60. The Labute approximate surface area is 111 Å². The topological polar surface area (TPSA) is 29.5 Å². The van der Waals surface area contributed by atoms with Gasteiger partial charge in [-0.25, -0.2) is 0 Å². The molecule has 0 saturated carbocycles. The molecule has 0 aliphatic carbocycles. The van der Waals surface area contributed by atoms with Crippen molar-refractivity contribution >= 4 is 23.2 Å². The van der Waals surface area contributed by atoms with E-state index < -0.39 is 0 Å². The molecule has 0 bridgehead atoms. The van der Waals surface area contributed by atoms with Gasteiger partial charge in [0.05, 0.1) is 22.8 Å². The number of hydrogen-bond donors (Lipinski definition) is 1. The monoisotopic (exact) mass is 274 g/mol. The third-order valence-electron chi connectivity index (χ3n) is 3.69. The Bertz CT molecular complexity index is 408. The molecule has 0 spiro atoms. The van der Waals surface area contributed by atoms with Gasteiger partial charge in [0.1, 0.15) is 0 Å². The molecule has 1 aliphatic rings. The van der Waals surface area contributed by atoms with Crippen LogP contribution in [-0.2, 0) is 11.2 Å². The van der Waals surface area contributed by atoms with E-state index in [0.717, 1.165) is 18.4 Å². The van der Waals surface area contributed by atoms with Crippen LogP contribution in [0.4, 0.5) is 0 Å². The number of aliphatic hydroxyl groups is 1. The summed E-state index contributed by atoms with van der Waals surface area (Å²) in [5.74, 6) is 0. The van der Waals surface area contributed by atoms with E-state index >= 15 is 0 Å². The summed E-state index contributed by atoms with van der Waals surface area (Å²) in [6.07, 6.45) is 1.72. The largest absolute Gasteiger partial charge is 0.396 e. The fourth-order valence-electron chi connectivity index (χ4n) is 2.37. The molecule has 1 fully saturated rings. The van der Waals surface area contributed by atoms with Crippen LogP contribution in [0.5, 0.6) is 0 Å². The second-order valence-corrected chi connectivity index (χ2v) is 5.52. The van der Waals surface area contributed by atoms with Crippen LogP contribution in [-0.4, -0.2) is 24.4 Å². The van der Waals surface area contributed by atoms with Crippen molar-refractivity contribution < 1.29 is 9.84 Å². The van der Waals surface area contributed by atoms with E-state index in [1.165, 1.54) is 0 Å². The lowest BCUT2D eigenvalue weighted by molar-refractivity contribution is 0.0272. The molecule has 1 heterocycles. The Balaban J connectivity index is 2.21. The van der Waals surface area contributed by atoms with Crippen molar-refractivity contribution in [1.29, 1.82) is 0 Å². The first-order valence-electron chi connectivity index (χ1n) is 5.74. The van der Waals surface area contributed by atoms with Gasteiger partial charge >= 0.3 is 0 Å². The first kappa shape index (κ1) is 13.2. The van der Waals surface area contributed by atoms with Gasteiger partial charge in [0, 0.05) is 12.0 Å². The standard InChI is InChI=1S/C13H16Cl2O2/c1-9-13(8-16,4-5-17-9)7-10-2-3-11(14)12(15)6-10/h2-3,6,9,16H,4-5,7-8H2,1H3. The van der Waals surface area contributed by atoms with Gasteiger partial charge < -0.3 is 9.84 Å². The Hall–Kier alpha value is -0.280. The first-order chi connectivity index (χ1) is 8.07. The van der Waals surface area contributed by atoms with Gasteiger partial charge in [-0.2, -0.15) is 0 Å². The minimum atomic E-state index is -0.183. The predicted octanol–water partition coefficient (Wildman–Crippen LogP) is 3.32. The van der Waals surface area contributed by atoms with E-state index in [-0.39, 0.29) is 18.1 Å². The lowest BCUT2D eigenvalue weighted by Gasteiger charge is -2.30. The Kier molecular flexibility index (Phi) is 3.99. The quantitative estimate of drug-likeness (QED) is 0.916. The molecule has 1 aromatic carbocycles. The average molecular weight is 275 g/mol. The predicted molar refractivity (Wildman–Crippen MR) is 69.7 cm³/mol. The molecule has 1 saturated heterocycles. The fourth-order valence-corrected chi connectivity index (χ4v) is 2.69. The van der Waals surface area contributed by atoms with Gasteiger partial charge in [0.2, 0.25) is 0 Å². The van der Waals surface area contributed by atoms with Crippen LogP contribution < -0.4 is 0 Å². The maximum Gasteiger partial charge on any atom is 0.0629 e. The Morgan fingerprint density at radius 2 is 2.18 bits per heavy atom. The molecule has 1 aromatic rings. The molecule has 94 valence electrons. The molecule has 1 N–H and O–H groups in total. The number of rotatable bonds is 3. The molecule has 1 aliphatic heterocycles. The summed E-state index contributed by atoms with van der Waals surface area (Å²) in [4.78, 5) is 0. The minimum absolute atomic E-state index is 0.0713. The van der Waals surface area contributed by atoms with Crippen molar-refractivity contribution in [3.63, 3.8) is 0 Å². The van der Waals surface area contributed by atoms with Gasteiger partial charge in [0.15, 0.2) is 0 Å². The average Bonchev–Trinajstić information content (AvgIpc) is 2.66. The number of halogens is 2. The summed E-state index contributed by atoms with van der Waals surface area (Å²) < 4.78 is 5.57.